The van der Waals surface area contributed by atoms with E-state index in [0.29, 0.717) is 35.3 Å². The Balaban J connectivity index is 1.91. The van der Waals surface area contributed by atoms with Crippen molar-refractivity contribution in [3.8, 4) is 0 Å². The van der Waals surface area contributed by atoms with Gasteiger partial charge in [0, 0.05) is 32.6 Å². The zero-order valence-corrected chi connectivity index (χ0v) is 13.9. The zero-order chi connectivity index (χ0) is 15.2. The van der Waals surface area contributed by atoms with Crippen molar-refractivity contribution in [1.29, 1.82) is 0 Å². The molecule has 21 heavy (non-hydrogen) atoms. The maximum absolute atomic E-state index is 12.4. The molecule has 2 heterocycles. The summed E-state index contributed by atoms with van der Waals surface area (Å²) in [6.07, 6.45) is 3.42. The van der Waals surface area contributed by atoms with E-state index in [2.05, 4.69) is 6.92 Å². The molecule has 0 aromatic carbocycles. The summed E-state index contributed by atoms with van der Waals surface area (Å²) in [7, 11) is 0. The normalized spacial score (nSPS) is 15.9. The minimum Gasteiger partial charge on any atom is -0.341 e. The van der Waals surface area contributed by atoms with Crippen molar-refractivity contribution >= 4 is 34.8 Å². The van der Waals surface area contributed by atoms with Gasteiger partial charge in [0.25, 0.3) is 5.91 Å². The number of amides is 2. The van der Waals surface area contributed by atoms with Gasteiger partial charge in [0.05, 0.1) is 9.21 Å². The lowest BCUT2D eigenvalue weighted by molar-refractivity contribution is -0.131. The summed E-state index contributed by atoms with van der Waals surface area (Å²) in [4.78, 5) is 28.8. The Morgan fingerprint density at radius 3 is 2.57 bits per heavy atom. The first-order valence-electron chi connectivity index (χ1n) is 7.44. The molecule has 1 aromatic heterocycles. The fraction of sp³-hybridized carbons (Fsp3) is 0.600. The third-order valence-electron chi connectivity index (χ3n) is 3.66. The Kier molecular flexibility index (Phi) is 6.06. The number of halogens is 1. The van der Waals surface area contributed by atoms with Crippen LogP contribution in [0.15, 0.2) is 12.1 Å². The molecule has 1 fully saturated rings. The van der Waals surface area contributed by atoms with Gasteiger partial charge in [-0.2, -0.15) is 0 Å². The van der Waals surface area contributed by atoms with E-state index in [1.165, 1.54) is 11.3 Å². The number of carbonyl (C=O) groups excluding carboxylic acids is 2. The maximum atomic E-state index is 12.4. The van der Waals surface area contributed by atoms with E-state index in [-0.39, 0.29) is 11.8 Å². The number of nitrogens with zero attached hydrogens (tertiary/aromatic N) is 2. The van der Waals surface area contributed by atoms with Gasteiger partial charge in [0.1, 0.15) is 0 Å². The average molecular weight is 329 g/mol. The predicted octanol–water partition coefficient (Wildman–Crippen LogP) is 3.27. The van der Waals surface area contributed by atoms with Crippen molar-refractivity contribution in [2.45, 2.75) is 32.6 Å². The van der Waals surface area contributed by atoms with E-state index < -0.39 is 0 Å². The quantitative estimate of drug-likeness (QED) is 0.851. The van der Waals surface area contributed by atoms with Crippen LogP contribution < -0.4 is 0 Å². The highest BCUT2D eigenvalue weighted by atomic mass is 35.5. The molecule has 1 aliphatic heterocycles. The van der Waals surface area contributed by atoms with Gasteiger partial charge < -0.3 is 9.80 Å². The molecule has 0 bridgehead atoms. The first-order valence-corrected chi connectivity index (χ1v) is 8.63. The second-order valence-corrected chi connectivity index (χ2v) is 6.95. The third-order valence-corrected chi connectivity index (χ3v) is 4.88. The Labute approximate surface area is 134 Å². The number of thiophene rings is 1. The van der Waals surface area contributed by atoms with Crippen LogP contribution in [0.3, 0.4) is 0 Å². The van der Waals surface area contributed by atoms with E-state index in [1.807, 2.05) is 9.80 Å². The molecule has 2 rings (SSSR count). The second kappa shape index (κ2) is 7.80. The minimum atomic E-state index is 0.0229. The molecule has 0 saturated carbocycles. The highest BCUT2D eigenvalue weighted by molar-refractivity contribution is 7.17. The summed E-state index contributed by atoms with van der Waals surface area (Å²) >= 11 is 7.19. The lowest BCUT2D eigenvalue weighted by Gasteiger charge is -2.21. The summed E-state index contributed by atoms with van der Waals surface area (Å²) in [5, 5.41) is 0. The SMILES string of the molecule is CCCCC(=O)N1CCCN(C(=O)c2ccc(Cl)s2)CC1. The Morgan fingerprint density at radius 2 is 1.90 bits per heavy atom. The van der Waals surface area contributed by atoms with Crippen LogP contribution in [0, 0.1) is 0 Å². The van der Waals surface area contributed by atoms with Crippen LogP contribution in [0.1, 0.15) is 42.3 Å². The lowest BCUT2D eigenvalue weighted by atomic mass is 10.2. The average Bonchev–Trinajstić information content (AvgIpc) is 2.76. The smallest absolute Gasteiger partial charge is 0.264 e. The molecule has 0 N–H and O–H groups in total. The monoisotopic (exact) mass is 328 g/mol. The van der Waals surface area contributed by atoms with Gasteiger partial charge in [-0.15, -0.1) is 11.3 Å². The van der Waals surface area contributed by atoms with Crippen LogP contribution in [0.4, 0.5) is 0 Å². The summed E-state index contributed by atoms with van der Waals surface area (Å²) in [5.41, 5.74) is 0. The number of carbonyl (C=O) groups is 2. The number of unbranched alkanes of at least 4 members (excludes halogenated alkanes) is 1. The van der Waals surface area contributed by atoms with E-state index in [1.54, 1.807) is 12.1 Å². The van der Waals surface area contributed by atoms with Crippen LogP contribution in [-0.4, -0.2) is 47.8 Å². The lowest BCUT2D eigenvalue weighted by Crippen LogP contribution is -2.37. The highest BCUT2D eigenvalue weighted by Crippen LogP contribution is 2.23. The van der Waals surface area contributed by atoms with Crippen molar-refractivity contribution in [1.82, 2.24) is 9.80 Å². The second-order valence-electron chi connectivity index (χ2n) is 5.23. The Hall–Kier alpha value is -1.07. The van der Waals surface area contributed by atoms with Crippen LogP contribution in [0.25, 0.3) is 0 Å². The van der Waals surface area contributed by atoms with Gasteiger partial charge in [-0.25, -0.2) is 0 Å². The molecule has 0 unspecified atom stereocenters. The number of rotatable bonds is 4. The first kappa shape index (κ1) is 16.3. The van der Waals surface area contributed by atoms with Gasteiger partial charge in [0.2, 0.25) is 5.91 Å². The summed E-state index contributed by atoms with van der Waals surface area (Å²) in [6.45, 7) is 4.77. The molecule has 0 aliphatic carbocycles. The van der Waals surface area contributed by atoms with Crippen LogP contribution in [0.2, 0.25) is 4.34 Å². The van der Waals surface area contributed by atoms with Crippen molar-refractivity contribution < 1.29 is 9.59 Å². The van der Waals surface area contributed by atoms with E-state index in [4.69, 9.17) is 11.6 Å². The largest absolute Gasteiger partial charge is 0.341 e. The van der Waals surface area contributed by atoms with Crippen LogP contribution >= 0.6 is 22.9 Å². The van der Waals surface area contributed by atoms with Gasteiger partial charge >= 0.3 is 0 Å². The third kappa shape index (κ3) is 4.45. The topological polar surface area (TPSA) is 40.6 Å². The fourth-order valence-corrected chi connectivity index (χ4v) is 3.45. The molecular weight excluding hydrogens is 308 g/mol. The van der Waals surface area contributed by atoms with Crippen LogP contribution in [-0.2, 0) is 4.79 Å². The molecule has 116 valence electrons. The number of hydrogen-bond donors (Lipinski definition) is 0. The minimum absolute atomic E-state index is 0.0229. The van der Waals surface area contributed by atoms with Gasteiger partial charge in [-0.3, -0.25) is 9.59 Å². The molecule has 2 amide bonds. The predicted molar refractivity (Wildman–Crippen MR) is 86.0 cm³/mol. The standard InChI is InChI=1S/C15H21ClN2O2S/c1-2-3-5-14(19)17-8-4-9-18(11-10-17)15(20)12-6-7-13(16)21-12/h6-7H,2-5,8-11H2,1H3. The Bertz CT molecular complexity index is 504. The molecule has 1 aromatic rings. The molecule has 0 atom stereocenters. The van der Waals surface area contributed by atoms with Gasteiger partial charge in [-0.1, -0.05) is 24.9 Å². The summed E-state index contributed by atoms with van der Waals surface area (Å²) in [6, 6.07) is 3.52. The molecular formula is C15H21ClN2O2S. The van der Waals surface area contributed by atoms with Crippen molar-refractivity contribution in [2.24, 2.45) is 0 Å². The van der Waals surface area contributed by atoms with E-state index in [0.717, 1.165) is 25.8 Å². The Morgan fingerprint density at radius 1 is 1.19 bits per heavy atom. The van der Waals surface area contributed by atoms with Crippen LogP contribution in [0.5, 0.6) is 0 Å². The molecule has 4 nitrogen and oxygen atoms in total. The number of hydrogen-bond acceptors (Lipinski definition) is 3. The summed E-state index contributed by atoms with van der Waals surface area (Å²) < 4.78 is 0.629. The van der Waals surface area contributed by atoms with Crippen molar-refractivity contribution in [2.75, 3.05) is 26.2 Å². The van der Waals surface area contributed by atoms with Crippen molar-refractivity contribution in [3.05, 3.63) is 21.3 Å². The molecule has 1 aliphatic rings. The first-order chi connectivity index (χ1) is 10.1. The van der Waals surface area contributed by atoms with E-state index in [9.17, 15) is 9.59 Å². The summed E-state index contributed by atoms with van der Waals surface area (Å²) in [5.74, 6) is 0.236. The molecule has 1 saturated heterocycles. The molecule has 0 radical (unpaired) electrons. The van der Waals surface area contributed by atoms with Gasteiger partial charge in [0.15, 0.2) is 0 Å². The van der Waals surface area contributed by atoms with Gasteiger partial charge in [-0.05, 0) is 25.0 Å². The maximum Gasteiger partial charge on any atom is 0.264 e. The van der Waals surface area contributed by atoms with E-state index >= 15 is 0 Å². The highest BCUT2D eigenvalue weighted by Gasteiger charge is 2.23. The molecule has 0 spiro atoms. The van der Waals surface area contributed by atoms with Crippen molar-refractivity contribution in [3.63, 3.8) is 0 Å². The zero-order valence-electron chi connectivity index (χ0n) is 12.3. The molecule has 6 heteroatoms. The fourth-order valence-electron chi connectivity index (χ4n) is 2.44.